The summed E-state index contributed by atoms with van der Waals surface area (Å²) in [5.41, 5.74) is 0. The molecule has 2 atom stereocenters. The minimum absolute atomic E-state index is 0.192. The number of carbonyl (C=O) groups is 2. The van der Waals surface area contributed by atoms with Gasteiger partial charge in [-0.2, -0.15) is 0 Å². The Kier molecular flexibility index (Phi) is 9.38. The van der Waals surface area contributed by atoms with E-state index in [0.717, 1.165) is 16.3 Å². The van der Waals surface area contributed by atoms with Gasteiger partial charge in [0.15, 0.2) is 6.23 Å². The van der Waals surface area contributed by atoms with Crippen LogP contribution in [0.25, 0.3) is 0 Å². The first-order chi connectivity index (χ1) is 9.84. The summed E-state index contributed by atoms with van der Waals surface area (Å²) in [6.45, 7) is 1.60. The van der Waals surface area contributed by atoms with Gasteiger partial charge in [-0.15, -0.1) is 0 Å². The molecule has 2 N–H and O–H groups in total. The second kappa shape index (κ2) is 9.85. The van der Waals surface area contributed by atoms with Crippen LogP contribution in [0.2, 0.25) is 6.04 Å². The second-order valence-electron chi connectivity index (χ2n) is 4.38. The zero-order valence-corrected chi connectivity index (χ0v) is 15.2. The number of esters is 1. The number of aliphatic carboxylic acids is 1. The Labute approximate surface area is 127 Å². The van der Waals surface area contributed by atoms with Crippen LogP contribution in [-0.2, 0) is 28.5 Å². The Balaban J connectivity index is 4.64. The van der Waals surface area contributed by atoms with Crippen molar-refractivity contribution in [2.45, 2.75) is 44.1 Å². The van der Waals surface area contributed by atoms with E-state index in [-0.39, 0.29) is 18.9 Å². The summed E-state index contributed by atoms with van der Waals surface area (Å²) < 4.78 is 21.1. The number of carboxylic acids is 1. The molecule has 0 aliphatic rings. The van der Waals surface area contributed by atoms with Crippen LogP contribution in [0.3, 0.4) is 0 Å². The predicted octanol–water partition coefficient (Wildman–Crippen LogP) is -0.925. The fraction of sp³-hybridized carbons (Fsp3) is 0.833. The molecule has 0 radical (unpaired) electrons. The van der Waals surface area contributed by atoms with Gasteiger partial charge in [0.05, 0.1) is 12.8 Å². The highest BCUT2D eigenvalue weighted by atomic mass is 28.1. The van der Waals surface area contributed by atoms with Crippen LogP contribution in [0.5, 0.6) is 0 Å². The van der Waals surface area contributed by atoms with Crippen LogP contribution in [-0.4, -0.2) is 66.9 Å². The van der Waals surface area contributed by atoms with Gasteiger partial charge in [0.1, 0.15) is 6.10 Å². The van der Waals surface area contributed by atoms with Crippen LogP contribution >= 0.6 is 0 Å². The molecule has 124 valence electrons. The van der Waals surface area contributed by atoms with Gasteiger partial charge in [0.25, 0.3) is 5.91 Å². The maximum Gasteiger partial charge on any atom is 0.307 e. The highest BCUT2D eigenvalue weighted by Gasteiger charge is 2.40. The van der Waals surface area contributed by atoms with Crippen LogP contribution in [0.15, 0.2) is 0 Å². The van der Waals surface area contributed by atoms with Gasteiger partial charge in [-0.1, -0.05) is 0 Å². The molecule has 8 nitrogen and oxygen atoms in total. The van der Waals surface area contributed by atoms with E-state index in [1.807, 2.05) is 0 Å². The number of methoxy groups -OCH3 is 3. The SMILES string of the molecule is COC(C[SiH3])C(NC(C)OC(=O)CCC(=O)O)(OC)OC. The zero-order valence-electron chi connectivity index (χ0n) is 13.2. The van der Waals surface area contributed by atoms with E-state index in [9.17, 15) is 9.59 Å². The third-order valence-corrected chi connectivity index (χ3v) is 3.68. The van der Waals surface area contributed by atoms with Gasteiger partial charge in [0.2, 0.25) is 0 Å². The lowest BCUT2D eigenvalue weighted by molar-refractivity contribution is -0.290. The summed E-state index contributed by atoms with van der Waals surface area (Å²) in [7, 11) is 5.33. The molecule has 0 rings (SSSR count). The summed E-state index contributed by atoms with van der Waals surface area (Å²) in [5, 5.41) is 11.4. The number of carboxylic acid groups (broad SMARTS) is 1. The Morgan fingerprint density at radius 1 is 1.24 bits per heavy atom. The Bertz CT molecular complexity index is 332. The first kappa shape index (κ1) is 20.0. The van der Waals surface area contributed by atoms with Crippen molar-refractivity contribution in [3.63, 3.8) is 0 Å². The number of carbonyl (C=O) groups excluding carboxylic acids is 1. The predicted molar refractivity (Wildman–Crippen MR) is 77.9 cm³/mol. The molecule has 0 amide bonds. The van der Waals surface area contributed by atoms with Crippen LogP contribution in [0, 0.1) is 0 Å². The van der Waals surface area contributed by atoms with Gasteiger partial charge in [-0.3, -0.25) is 9.59 Å². The van der Waals surface area contributed by atoms with Crippen LogP contribution < -0.4 is 5.32 Å². The quantitative estimate of drug-likeness (QED) is 0.286. The van der Waals surface area contributed by atoms with E-state index in [1.165, 1.54) is 14.2 Å². The van der Waals surface area contributed by atoms with E-state index in [4.69, 9.17) is 24.1 Å². The summed E-state index contributed by atoms with van der Waals surface area (Å²) in [4.78, 5) is 21.9. The molecular formula is C12H25NO7Si. The molecule has 0 aromatic heterocycles. The third kappa shape index (κ3) is 6.53. The first-order valence-electron chi connectivity index (χ1n) is 6.67. The number of rotatable bonds is 11. The van der Waals surface area contributed by atoms with Crippen molar-refractivity contribution in [2.75, 3.05) is 21.3 Å². The van der Waals surface area contributed by atoms with Gasteiger partial charge in [0, 0.05) is 31.6 Å². The topological polar surface area (TPSA) is 103 Å². The normalized spacial score (nSPS) is 14.7. The number of nitrogens with one attached hydrogen (secondary N) is 1. The Morgan fingerprint density at radius 3 is 2.19 bits per heavy atom. The number of hydrogen-bond acceptors (Lipinski definition) is 7. The summed E-state index contributed by atoms with van der Waals surface area (Å²) in [6.07, 6.45) is -1.55. The molecule has 9 heteroatoms. The van der Waals surface area contributed by atoms with E-state index < -0.39 is 24.1 Å². The van der Waals surface area contributed by atoms with E-state index in [2.05, 4.69) is 5.32 Å². The average molecular weight is 323 g/mol. The molecule has 21 heavy (non-hydrogen) atoms. The Hall–Kier alpha value is -1.00. The molecule has 0 heterocycles. The molecule has 0 fully saturated rings. The lowest BCUT2D eigenvalue weighted by Crippen LogP contribution is -2.61. The van der Waals surface area contributed by atoms with Crippen molar-refractivity contribution in [2.24, 2.45) is 0 Å². The second-order valence-corrected chi connectivity index (χ2v) is 5.19. The van der Waals surface area contributed by atoms with Crippen LogP contribution in [0.1, 0.15) is 19.8 Å². The fourth-order valence-corrected chi connectivity index (χ4v) is 2.80. The van der Waals surface area contributed by atoms with Crippen molar-refractivity contribution in [3.05, 3.63) is 0 Å². The Morgan fingerprint density at radius 2 is 1.81 bits per heavy atom. The molecule has 0 saturated carbocycles. The minimum Gasteiger partial charge on any atom is -0.481 e. The van der Waals surface area contributed by atoms with E-state index in [1.54, 1.807) is 14.0 Å². The van der Waals surface area contributed by atoms with Gasteiger partial charge < -0.3 is 24.1 Å². The average Bonchev–Trinajstić information content (AvgIpc) is 2.44. The zero-order chi connectivity index (χ0) is 16.5. The van der Waals surface area contributed by atoms with Gasteiger partial charge in [-0.05, 0) is 13.0 Å². The highest BCUT2D eigenvalue weighted by molar-refractivity contribution is 6.08. The van der Waals surface area contributed by atoms with Crippen LogP contribution in [0.4, 0.5) is 0 Å². The van der Waals surface area contributed by atoms with Crippen molar-refractivity contribution in [1.82, 2.24) is 5.32 Å². The third-order valence-electron chi connectivity index (χ3n) is 2.94. The highest BCUT2D eigenvalue weighted by Crippen LogP contribution is 2.19. The van der Waals surface area contributed by atoms with E-state index in [0.29, 0.717) is 0 Å². The van der Waals surface area contributed by atoms with Crippen molar-refractivity contribution < 1.29 is 33.6 Å². The van der Waals surface area contributed by atoms with Crippen molar-refractivity contribution >= 4 is 22.2 Å². The molecule has 2 unspecified atom stereocenters. The van der Waals surface area contributed by atoms with Crippen molar-refractivity contribution in [1.29, 1.82) is 0 Å². The molecule has 0 spiro atoms. The summed E-state index contributed by atoms with van der Waals surface area (Å²) >= 11 is 0. The fourth-order valence-electron chi connectivity index (χ4n) is 1.93. The van der Waals surface area contributed by atoms with E-state index >= 15 is 0 Å². The molecule has 0 aliphatic carbocycles. The van der Waals surface area contributed by atoms with Gasteiger partial charge >= 0.3 is 11.9 Å². The summed E-state index contributed by atoms with van der Waals surface area (Å²) in [6, 6.07) is 0.741. The molecule has 0 saturated heterocycles. The standard InChI is InChI=1S/C12H25NO7Si/c1-8(20-11(16)6-5-10(14)15)13-12(18-3,19-4)9(7-21)17-2/h8-9,13H,5-7H2,1-4,21H3,(H,14,15). The summed E-state index contributed by atoms with van der Waals surface area (Å²) in [5.74, 6) is -2.90. The first-order valence-corrected chi connectivity index (χ1v) is 8.08. The molecular weight excluding hydrogens is 298 g/mol. The molecule has 0 aliphatic heterocycles. The largest absolute Gasteiger partial charge is 0.481 e. The molecule has 0 aromatic carbocycles. The smallest absolute Gasteiger partial charge is 0.307 e. The molecule has 0 bridgehead atoms. The maximum absolute atomic E-state index is 11.5. The van der Waals surface area contributed by atoms with Gasteiger partial charge in [-0.25, -0.2) is 5.32 Å². The van der Waals surface area contributed by atoms with Crippen molar-refractivity contribution in [3.8, 4) is 0 Å². The lowest BCUT2D eigenvalue weighted by atomic mass is 10.2. The minimum atomic E-state index is -1.23. The molecule has 0 aromatic rings. The lowest BCUT2D eigenvalue weighted by Gasteiger charge is -2.38. The number of ether oxygens (including phenoxy) is 4. The maximum atomic E-state index is 11.5. The number of hydrogen-bond donors (Lipinski definition) is 2. The monoisotopic (exact) mass is 323 g/mol.